The summed E-state index contributed by atoms with van der Waals surface area (Å²) in [7, 11) is 0. The lowest BCUT2D eigenvalue weighted by atomic mass is 10.1. The van der Waals surface area contributed by atoms with Crippen LogP contribution in [-0.4, -0.2) is 47.6 Å². The molecule has 7 heteroatoms. The number of aryl methyl sites for hydroxylation is 1. The van der Waals surface area contributed by atoms with Crippen LogP contribution in [0.5, 0.6) is 0 Å². The van der Waals surface area contributed by atoms with Crippen molar-refractivity contribution >= 4 is 17.5 Å². The van der Waals surface area contributed by atoms with Gasteiger partial charge in [0, 0.05) is 35.9 Å². The fourth-order valence-corrected chi connectivity index (χ4v) is 4.00. The zero-order chi connectivity index (χ0) is 19.0. The van der Waals surface area contributed by atoms with Gasteiger partial charge in [0.05, 0.1) is 12.7 Å². The molecule has 1 aromatic carbocycles. The van der Waals surface area contributed by atoms with E-state index in [0.29, 0.717) is 11.6 Å². The number of pyridine rings is 1. The Bertz CT molecular complexity index is 896. The molecular formula is C20H22ClN3O3. The monoisotopic (exact) mass is 387 g/mol. The number of carbonyl (C=O) groups excluding carboxylic acids is 1. The number of aromatic nitrogens is 1. The second kappa shape index (κ2) is 7.46. The number of aromatic amines is 1. The molecule has 0 aliphatic carbocycles. The number of hydrogen-bond acceptors (Lipinski definition) is 4. The number of carbonyl (C=O) groups is 1. The number of rotatable bonds is 3. The zero-order valence-corrected chi connectivity index (χ0v) is 15.8. The van der Waals surface area contributed by atoms with Gasteiger partial charge in [-0.05, 0) is 43.2 Å². The van der Waals surface area contributed by atoms with E-state index < -0.39 is 0 Å². The number of fused-ring (bicyclic) bond motifs is 1. The highest BCUT2D eigenvalue weighted by molar-refractivity contribution is 6.30. The Morgan fingerprint density at radius 3 is 2.74 bits per heavy atom. The number of nitrogens with zero attached hydrogens (tertiary/aromatic N) is 1. The third kappa shape index (κ3) is 3.93. The molecule has 6 nitrogen and oxygen atoms in total. The molecule has 2 aliphatic heterocycles. The molecule has 27 heavy (non-hydrogen) atoms. The smallest absolute Gasteiger partial charge is 0.260 e. The molecule has 0 bridgehead atoms. The molecule has 2 N–H and O–H groups in total. The molecule has 2 aromatic rings. The number of morpholine rings is 1. The van der Waals surface area contributed by atoms with Crippen molar-refractivity contribution in [2.75, 3.05) is 19.7 Å². The van der Waals surface area contributed by atoms with E-state index in [9.17, 15) is 9.59 Å². The van der Waals surface area contributed by atoms with E-state index in [1.165, 1.54) is 0 Å². The van der Waals surface area contributed by atoms with Gasteiger partial charge in [-0.1, -0.05) is 23.7 Å². The second-order valence-corrected chi connectivity index (χ2v) is 7.71. The van der Waals surface area contributed by atoms with Crippen LogP contribution in [0.15, 0.2) is 41.2 Å². The maximum atomic E-state index is 12.5. The Kier molecular flexibility index (Phi) is 5.04. The molecule has 3 heterocycles. The average molecular weight is 388 g/mol. The van der Waals surface area contributed by atoms with E-state index in [0.717, 1.165) is 30.8 Å². The standard InChI is InChI=1S/C20H22ClN3O3/c1-12-2-7-17(19(25)22-12)20(26)23-15-8-16-11-27-18(10-24(16)9-15)13-3-5-14(21)6-4-13/h2-7,15-16,18H,8-11H2,1H3,(H,22,25)(H,23,26)/t15-,16-,18+/m0/s1. The lowest BCUT2D eigenvalue weighted by Crippen LogP contribution is -2.43. The van der Waals surface area contributed by atoms with Gasteiger partial charge in [0.25, 0.3) is 11.5 Å². The van der Waals surface area contributed by atoms with E-state index in [1.54, 1.807) is 19.1 Å². The molecule has 3 atom stereocenters. The first-order chi connectivity index (χ1) is 13.0. The highest BCUT2D eigenvalue weighted by Crippen LogP contribution is 2.30. The molecule has 4 rings (SSSR count). The molecule has 0 spiro atoms. The molecule has 0 unspecified atom stereocenters. The quantitative estimate of drug-likeness (QED) is 0.847. The predicted octanol–water partition coefficient (Wildman–Crippen LogP) is 2.28. The summed E-state index contributed by atoms with van der Waals surface area (Å²) in [5.74, 6) is -0.323. The summed E-state index contributed by atoms with van der Waals surface area (Å²) in [4.78, 5) is 29.5. The summed E-state index contributed by atoms with van der Waals surface area (Å²) in [6.45, 7) is 3.96. The van der Waals surface area contributed by atoms with Gasteiger partial charge < -0.3 is 15.0 Å². The maximum absolute atomic E-state index is 12.5. The fourth-order valence-electron chi connectivity index (χ4n) is 3.87. The summed E-state index contributed by atoms with van der Waals surface area (Å²) < 4.78 is 6.04. The molecule has 0 radical (unpaired) electrons. The lowest BCUT2D eigenvalue weighted by Gasteiger charge is -2.35. The van der Waals surface area contributed by atoms with Gasteiger partial charge in [0.2, 0.25) is 0 Å². The third-order valence-corrected chi connectivity index (χ3v) is 5.55. The number of H-pyrrole nitrogens is 1. The van der Waals surface area contributed by atoms with Crippen molar-refractivity contribution in [3.63, 3.8) is 0 Å². The topological polar surface area (TPSA) is 74.4 Å². The number of ether oxygens (including phenoxy) is 1. The molecule has 2 aliphatic rings. The van der Waals surface area contributed by atoms with E-state index in [1.807, 2.05) is 24.3 Å². The molecule has 1 aromatic heterocycles. The Morgan fingerprint density at radius 2 is 2.00 bits per heavy atom. The van der Waals surface area contributed by atoms with E-state index in [2.05, 4.69) is 15.2 Å². The summed E-state index contributed by atoms with van der Waals surface area (Å²) in [6, 6.07) is 11.3. The Labute approximate surface area is 162 Å². The van der Waals surface area contributed by atoms with Gasteiger partial charge in [-0.15, -0.1) is 0 Å². The van der Waals surface area contributed by atoms with Crippen LogP contribution in [0.1, 0.15) is 34.1 Å². The third-order valence-electron chi connectivity index (χ3n) is 5.29. The number of amides is 1. The van der Waals surface area contributed by atoms with Crippen molar-refractivity contribution in [1.82, 2.24) is 15.2 Å². The Hall–Kier alpha value is -2.15. The lowest BCUT2D eigenvalue weighted by molar-refractivity contribution is -0.0502. The van der Waals surface area contributed by atoms with E-state index >= 15 is 0 Å². The molecule has 2 fully saturated rings. The minimum Gasteiger partial charge on any atom is -0.371 e. The van der Waals surface area contributed by atoms with Gasteiger partial charge in [0.15, 0.2) is 0 Å². The van der Waals surface area contributed by atoms with Gasteiger partial charge in [-0.2, -0.15) is 0 Å². The van der Waals surface area contributed by atoms with Crippen molar-refractivity contribution in [3.8, 4) is 0 Å². The van der Waals surface area contributed by atoms with Crippen LogP contribution >= 0.6 is 11.6 Å². The average Bonchev–Trinajstić information content (AvgIpc) is 3.03. The molecule has 2 saturated heterocycles. The van der Waals surface area contributed by atoms with Crippen LogP contribution in [0.25, 0.3) is 0 Å². The van der Waals surface area contributed by atoms with Crippen molar-refractivity contribution in [2.45, 2.75) is 31.5 Å². The first-order valence-corrected chi connectivity index (χ1v) is 9.49. The fraction of sp³-hybridized carbons (Fsp3) is 0.400. The summed E-state index contributed by atoms with van der Waals surface area (Å²) in [5, 5.41) is 3.71. The largest absolute Gasteiger partial charge is 0.371 e. The van der Waals surface area contributed by atoms with Crippen LogP contribution in [0, 0.1) is 6.92 Å². The van der Waals surface area contributed by atoms with Crippen molar-refractivity contribution in [1.29, 1.82) is 0 Å². The minimum absolute atomic E-state index is 0.00733. The normalized spacial score (nSPS) is 25.2. The van der Waals surface area contributed by atoms with Crippen molar-refractivity contribution in [3.05, 3.63) is 68.6 Å². The van der Waals surface area contributed by atoms with Crippen LogP contribution < -0.4 is 10.9 Å². The SMILES string of the molecule is Cc1ccc(C(=O)N[C@H]2C[C@H]3CO[C@@H](c4ccc(Cl)cc4)CN3C2)c(=O)[nH]1. The van der Waals surface area contributed by atoms with Crippen LogP contribution in [0.3, 0.4) is 0 Å². The van der Waals surface area contributed by atoms with Crippen LogP contribution in [0.2, 0.25) is 5.02 Å². The maximum Gasteiger partial charge on any atom is 0.260 e. The van der Waals surface area contributed by atoms with E-state index in [-0.39, 0.29) is 35.2 Å². The highest BCUT2D eigenvalue weighted by atomic mass is 35.5. The Morgan fingerprint density at radius 1 is 1.22 bits per heavy atom. The summed E-state index contributed by atoms with van der Waals surface area (Å²) >= 11 is 5.96. The molecular weight excluding hydrogens is 366 g/mol. The number of hydrogen-bond donors (Lipinski definition) is 2. The van der Waals surface area contributed by atoms with Crippen LogP contribution in [-0.2, 0) is 4.74 Å². The van der Waals surface area contributed by atoms with Crippen molar-refractivity contribution < 1.29 is 9.53 Å². The highest BCUT2D eigenvalue weighted by Gasteiger charge is 2.38. The Balaban J connectivity index is 1.39. The number of nitrogens with one attached hydrogen (secondary N) is 2. The van der Waals surface area contributed by atoms with Gasteiger partial charge in [-0.25, -0.2) is 0 Å². The van der Waals surface area contributed by atoms with Crippen molar-refractivity contribution in [2.24, 2.45) is 0 Å². The first kappa shape index (κ1) is 18.2. The zero-order valence-electron chi connectivity index (χ0n) is 15.1. The van der Waals surface area contributed by atoms with Crippen LogP contribution in [0.4, 0.5) is 0 Å². The second-order valence-electron chi connectivity index (χ2n) is 7.27. The number of halogens is 1. The predicted molar refractivity (Wildman–Crippen MR) is 103 cm³/mol. The molecule has 142 valence electrons. The first-order valence-electron chi connectivity index (χ1n) is 9.11. The summed E-state index contributed by atoms with van der Waals surface area (Å²) in [5.41, 5.74) is 1.64. The molecule has 1 amide bonds. The number of benzene rings is 1. The summed E-state index contributed by atoms with van der Waals surface area (Å²) in [6.07, 6.45) is 0.830. The van der Waals surface area contributed by atoms with Gasteiger partial charge in [-0.3, -0.25) is 14.5 Å². The minimum atomic E-state index is -0.352. The molecule has 0 saturated carbocycles. The van der Waals surface area contributed by atoms with Gasteiger partial charge >= 0.3 is 0 Å². The van der Waals surface area contributed by atoms with E-state index in [4.69, 9.17) is 16.3 Å². The van der Waals surface area contributed by atoms with Gasteiger partial charge in [0.1, 0.15) is 5.56 Å².